The van der Waals surface area contributed by atoms with Gasteiger partial charge in [-0.2, -0.15) is 0 Å². The van der Waals surface area contributed by atoms with Crippen molar-refractivity contribution in [2.75, 3.05) is 33.5 Å². The Kier molecular flexibility index (Phi) is 8.73. The van der Waals surface area contributed by atoms with Crippen LogP contribution in [0.3, 0.4) is 0 Å². The van der Waals surface area contributed by atoms with Gasteiger partial charge in [0.25, 0.3) is 0 Å². The van der Waals surface area contributed by atoms with Crippen molar-refractivity contribution < 1.29 is 54.3 Å². The van der Waals surface area contributed by atoms with Crippen LogP contribution in [0.4, 0.5) is 0 Å². The molecule has 0 amide bonds. The second kappa shape index (κ2) is 10.3. The van der Waals surface area contributed by atoms with Crippen molar-refractivity contribution >= 4 is 0 Å². The Morgan fingerprint density at radius 2 is 1.48 bits per heavy atom. The summed E-state index contributed by atoms with van der Waals surface area (Å²) in [7, 11) is 1.36. The minimum absolute atomic E-state index is 0.103. The highest BCUT2D eigenvalue weighted by Gasteiger charge is 2.51. The summed E-state index contributed by atoms with van der Waals surface area (Å²) in [6, 6.07) is 0. The van der Waals surface area contributed by atoms with Gasteiger partial charge in [0.05, 0.1) is 19.8 Å². The van der Waals surface area contributed by atoms with E-state index >= 15 is 0 Å². The molecule has 0 aromatic rings. The third-order valence-electron chi connectivity index (χ3n) is 4.63. The van der Waals surface area contributed by atoms with E-state index in [1.165, 1.54) is 7.11 Å². The highest BCUT2D eigenvalue weighted by molar-refractivity contribution is 4.94. The van der Waals surface area contributed by atoms with Crippen LogP contribution in [-0.2, 0) is 23.7 Å². The second-order valence-corrected chi connectivity index (χ2v) is 6.37. The summed E-state index contributed by atoms with van der Waals surface area (Å²) < 4.78 is 26.8. The van der Waals surface area contributed by atoms with Crippen LogP contribution in [0.5, 0.6) is 0 Å². The summed E-state index contributed by atoms with van der Waals surface area (Å²) >= 11 is 0. The minimum Gasteiger partial charge on any atom is -0.394 e. The average Bonchev–Trinajstić information content (AvgIpc) is 2.67. The molecule has 10 atom stereocenters. The number of ether oxygens (including phenoxy) is 5. The predicted octanol–water partition coefficient (Wildman–Crippen LogP) is -4.76. The highest BCUT2D eigenvalue weighted by atomic mass is 16.7. The first kappa shape index (κ1) is 22.8. The standard InChI is InChI=1S/C15H29NO11/c1-23-12-7(5-18)26-15(10(21)13(12)24-3-2-16)27-11-6(4-17)25-14(22)9(20)8(11)19/h6-15,17-22H,2-5,16H2,1H3. The van der Waals surface area contributed by atoms with Crippen molar-refractivity contribution in [3.05, 3.63) is 0 Å². The van der Waals surface area contributed by atoms with Crippen LogP contribution in [0.25, 0.3) is 0 Å². The van der Waals surface area contributed by atoms with Crippen LogP contribution < -0.4 is 5.73 Å². The molecule has 160 valence electrons. The fraction of sp³-hybridized carbons (Fsp3) is 1.00. The topological polar surface area (TPSA) is 194 Å². The summed E-state index contributed by atoms with van der Waals surface area (Å²) in [4.78, 5) is 0. The number of hydrogen-bond donors (Lipinski definition) is 7. The summed E-state index contributed by atoms with van der Waals surface area (Å²) in [5.41, 5.74) is 5.42. The zero-order chi connectivity index (χ0) is 20.1. The van der Waals surface area contributed by atoms with Crippen LogP contribution in [0.1, 0.15) is 0 Å². The van der Waals surface area contributed by atoms with Gasteiger partial charge in [0, 0.05) is 13.7 Å². The van der Waals surface area contributed by atoms with E-state index in [4.69, 9.17) is 29.4 Å². The lowest BCUT2D eigenvalue weighted by Crippen LogP contribution is -2.65. The molecule has 0 spiro atoms. The Morgan fingerprint density at radius 3 is 2.04 bits per heavy atom. The summed E-state index contributed by atoms with van der Waals surface area (Å²) in [5.74, 6) is 0. The maximum Gasteiger partial charge on any atom is 0.187 e. The molecule has 0 saturated carbocycles. The maximum atomic E-state index is 10.6. The molecule has 0 aromatic heterocycles. The normalized spacial score (nSPS) is 45.8. The number of aliphatic hydroxyl groups is 6. The van der Waals surface area contributed by atoms with Gasteiger partial charge in [-0.3, -0.25) is 0 Å². The van der Waals surface area contributed by atoms with Gasteiger partial charge >= 0.3 is 0 Å². The molecule has 0 radical (unpaired) electrons. The molecule has 0 aliphatic carbocycles. The minimum atomic E-state index is -1.71. The molecule has 0 aromatic carbocycles. The molecule has 8 N–H and O–H groups in total. The number of hydrogen-bond acceptors (Lipinski definition) is 12. The van der Waals surface area contributed by atoms with Crippen molar-refractivity contribution in [2.24, 2.45) is 5.73 Å². The van der Waals surface area contributed by atoms with Crippen LogP contribution in [0.2, 0.25) is 0 Å². The van der Waals surface area contributed by atoms with E-state index in [1.807, 2.05) is 0 Å². The largest absolute Gasteiger partial charge is 0.394 e. The SMILES string of the molecule is COC1C(CO)OC(OC2C(CO)OC(O)C(O)C2O)C(O)C1OCCN. The molecule has 27 heavy (non-hydrogen) atoms. The second-order valence-electron chi connectivity index (χ2n) is 6.37. The molecular formula is C15H29NO11. The Hall–Kier alpha value is -0.480. The summed E-state index contributed by atoms with van der Waals surface area (Å²) in [5, 5.41) is 59.1. The molecule has 12 nitrogen and oxygen atoms in total. The molecular weight excluding hydrogens is 370 g/mol. The van der Waals surface area contributed by atoms with Crippen molar-refractivity contribution in [3.8, 4) is 0 Å². The molecule has 2 rings (SSSR count). The van der Waals surface area contributed by atoms with E-state index in [0.29, 0.717) is 0 Å². The first-order chi connectivity index (χ1) is 12.9. The van der Waals surface area contributed by atoms with Gasteiger partial charge < -0.3 is 60.1 Å². The van der Waals surface area contributed by atoms with Gasteiger partial charge in [0.1, 0.15) is 48.8 Å². The molecule has 10 unspecified atom stereocenters. The highest BCUT2D eigenvalue weighted by Crippen LogP contribution is 2.30. The molecule has 2 aliphatic heterocycles. The first-order valence-electron chi connectivity index (χ1n) is 8.64. The Bertz CT molecular complexity index is 442. The Labute approximate surface area is 156 Å². The van der Waals surface area contributed by atoms with Gasteiger partial charge in [-0.05, 0) is 0 Å². The van der Waals surface area contributed by atoms with E-state index in [0.717, 1.165) is 0 Å². The van der Waals surface area contributed by atoms with Crippen molar-refractivity contribution in [1.29, 1.82) is 0 Å². The molecule has 0 bridgehead atoms. The zero-order valence-corrected chi connectivity index (χ0v) is 14.9. The predicted molar refractivity (Wildman–Crippen MR) is 86.2 cm³/mol. The number of rotatable bonds is 8. The van der Waals surface area contributed by atoms with Crippen LogP contribution in [0.15, 0.2) is 0 Å². The van der Waals surface area contributed by atoms with Crippen LogP contribution in [-0.4, -0.2) is 126 Å². The third kappa shape index (κ3) is 4.93. The van der Waals surface area contributed by atoms with Crippen LogP contribution in [0, 0.1) is 0 Å². The lowest BCUT2D eigenvalue weighted by atomic mass is 9.96. The number of aliphatic hydroxyl groups excluding tert-OH is 6. The van der Waals surface area contributed by atoms with Crippen molar-refractivity contribution in [2.45, 2.75) is 61.4 Å². The Morgan fingerprint density at radius 1 is 0.852 bits per heavy atom. The molecule has 2 fully saturated rings. The van der Waals surface area contributed by atoms with Crippen molar-refractivity contribution in [3.63, 3.8) is 0 Å². The smallest absolute Gasteiger partial charge is 0.187 e. The molecule has 12 heteroatoms. The lowest BCUT2D eigenvalue weighted by Gasteiger charge is -2.46. The Balaban J connectivity index is 2.17. The van der Waals surface area contributed by atoms with E-state index < -0.39 is 74.6 Å². The molecule has 2 aliphatic rings. The maximum absolute atomic E-state index is 10.6. The quantitative estimate of drug-likeness (QED) is 0.206. The summed E-state index contributed by atoms with van der Waals surface area (Å²) in [6.07, 6.45) is -13.1. The van der Waals surface area contributed by atoms with Gasteiger partial charge in [-0.1, -0.05) is 0 Å². The number of methoxy groups -OCH3 is 1. The first-order valence-corrected chi connectivity index (χ1v) is 8.64. The van der Waals surface area contributed by atoms with E-state index in [1.54, 1.807) is 0 Å². The van der Waals surface area contributed by atoms with E-state index in [-0.39, 0.29) is 13.2 Å². The van der Waals surface area contributed by atoms with Gasteiger partial charge in [-0.25, -0.2) is 0 Å². The fourth-order valence-electron chi connectivity index (χ4n) is 3.22. The monoisotopic (exact) mass is 399 g/mol. The van der Waals surface area contributed by atoms with Gasteiger partial charge in [0.2, 0.25) is 0 Å². The number of nitrogens with two attached hydrogens (primary N) is 1. The van der Waals surface area contributed by atoms with Gasteiger partial charge in [0.15, 0.2) is 12.6 Å². The van der Waals surface area contributed by atoms with Gasteiger partial charge in [-0.15, -0.1) is 0 Å². The zero-order valence-electron chi connectivity index (χ0n) is 14.9. The van der Waals surface area contributed by atoms with Crippen molar-refractivity contribution in [1.82, 2.24) is 0 Å². The molecule has 2 saturated heterocycles. The van der Waals surface area contributed by atoms with E-state index in [2.05, 4.69) is 0 Å². The lowest BCUT2D eigenvalue weighted by molar-refractivity contribution is -0.358. The van der Waals surface area contributed by atoms with Crippen LogP contribution >= 0.6 is 0 Å². The van der Waals surface area contributed by atoms with E-state index in [9.17, 15) is 30.6 Å². The molecule has 2 heterocycles. The third-order valence-corrected chi connectivity index (χ3v) is 4.63. The average molecular weight is 399 g/mol. The fourth-order valence-corrected chi connectivity index (χ4v) is 3.22. The summed E-state index contributed by atoms with van der Waals surface area (Å²) in [6.45, 7) is -0.818.